The van der Waals surface area contributed by atoms with Gasteiger partial charge in [-0.2, -0.15) is 10.2 Å². The Balaban J connectivity index is 2.06. The summed E-state index contributed by atoms with van der Waals surface area (Å²) in [5.41, 5.74) is 2.77. The first kappa shape index (κ1) is 16.3. The highest BCUT2D eigenvalue weighted by Gasteiger charge is 2.12. The van der Waals surface area contributed by atoms with E-state index in [0.29, 0.717) is 0 Å². The van der Waals surface area contributed by atoms with Crippen LogP contribution in [0.25, 0.3) is 0 Å². The molecule has 6 heteroatoms. The number of azo groups is 1. The molecule has 2 aromatic rings. The molecule has 116 valence electrons. The molecule has 0 aromatic heterocycles. The molecule has 22 heavy (non-hydrogen) atoms. The number of benzene rings is 2. The SMILES string of the molecule is CO[SiH](OC)c1ccc(/N=N/c2ccc(N(C)C)cc2)cc1. The van der Waals surface area contributed by atoms with Gasteiger partial charge in [-0.3, -0.25) is 0 Å². The molecule has 5 nitrogen and oxygen atoms in total. The second kappa shape index (κ2) is 7.84. The van der Waals surface area contributed by atoms with Gasteiger partial charge in [-0.05, 0) is 41.6 Å². The van der Waals surface area contributed by atoms with E-state index in [0.717, 1.165) is 22.2 Å². The molecular formula is C16H21N3O2Si. The number of rotatable bonds is 6. The lowest BCUT2D eigenvalue weighted by Gasteiger charge is -2.11. The zero-order valence-electron chi connectivity index (χ0n) is 13.4. The number of nitrogens with zero attached hydrogens (tertiary/aromatic N) is 3. The highest BCUT2D eigenvalue weighted by Crippen LogP contribution is 2.20. The van der Waals surface area contributed by atoms with Crippen molar-refractivity contribution >= 4 is 31.5 Å². The topological polar surface area (TPSA) is 46.4 Å². The Kier molecular flexibility index (Phi) is 5.82. The van der Waals surface area contributed by atoms with E-state index < -0.39 is 9.28 Å². The summed E-state index contributed by atoms with van der Waals surface area (Å²) in [6.45, 7) is 0. The van der Waals surface area contributed by atoms with Crippen LogP contribution >= 0.6 is 0 Å². The molecule has 0 aliphatic carbocycles. The molecule has 0 saturated carbocycles. The maximum absolute atomic E-state index is 5.34. The fraction of sp³-hybridized carbons (Fsp3) is 0.250. The lowest BCUT2D eigenvalue weighted by molar-refractivity contribution is 0.292. The van der Waals surface area contributed by atoms with E-state index in [1.165, 1.54) is 0 Å². The number of anilines is 1. The molecule has 2 aromatic carbocycles. The monoisotopic (exact) mass is 315 g/mol. The smallest absolute Gasteiger partial charge is 0.355 e. The van der Waals surface area contributed by atoms with Crippen molar-refractivity contribution in [2.24, 2.45) is 10.2 Å². The van der Waals surface area contributed by atoms with Crippen LogP contribution in [0.5, 0.6) is 0 Å². The summed E-state index contributed by atoms with van der Waals surface area (Å²) < 4.78 is 10.7. The zero-order chi connectivity index (χ0) is 15.9. The van der Waals surface area contributed by atoms with Crippen LogP contribution in [0.2, 0.25) is 0 Å². The van der Waals surface area contributed by atoms with E-state index in [4.69, 9.17) is 8.85 Å². The van der Waals surface area contributed by atoms with Gasteiger partial charge in [-0.1, -0.05) is 12.1 Å². The van der Waals surface area contributed by atoms with Crippen LogP contribution in [-0.4, -0.2) is 37.6 Å². The van der Waals surface area contributed by atoms with Gasteiger partial charge >= 0.3 is 9.28 Å². The van der Waals surface area contributed by atoms with Crippen LogP contribution in [0.3, 0.4) is 0 Å². The molecule has 0 aliphatic heterocycles. The average molecular weight is 315 g/mol. The molecule has 0 unspecified atom stereocenters. The van der Waals surface area contributed by atoms with Crippen molar-refractivity contribution in [1.29, 1.82) is 0 Å². The summed E-state index contributed by atoms with van der Waals surface area (Å²) >= 11 is 0. The van der Waals surface area contributed by atoms with Crippen molar-refractivity contribution in [3.8, 4) is 0 Å². The minimum Gasteiger partial charge on any atom is -0.397 e. The van der Waals surface area contributed by atoms with Crippen LogP contribution < -0.4 is 10.1 Å². The van der Waals surface area contributed by atoms with Gasteiger partial charge in [0, 0.05) is 34.0 Å². The highest BCUT2D eigenvalue weighted by atomic mass is 28.3. The molecule has 0 bridgehead atoms. The van der Waals surface area contributed by atoms with E-state index in [2.05, 4.69) is 10.2 Å². The quantitative estimate of drug-likeness (QED) is 0.608. The minimum absolute atomic E-state index is 0.806. The second-order valence-corrected chi connectivity index (χ2v) is 7.28. The highest BCUT2D eigenvalue weighted by molar-refractivity contribution is 6.61. The van der Waals surface area contributed by atoms with Gasteiger partial charge in [-0.25, -0.2) is 0 Å². The fourth-order valence-corrected chi connectivity index (χ4v) is 3.24. The van der Waals surface area contributed by atoms with Crippen molar-refractivity contribution in [2.45, 2.75) is 0 Å². The summed E-state index contributed by atoms with van der Waals surface area (Å²) in [7, 11) is 5.62. The van der Waals surface area contributed by atoms with E-state index in [1.54, 1.807) is 14.2 Å². The molecule has 0 heterocycles. The van der Waals surface area contributed by atoms with Gasteiger partial charge in [0.05, 0.1) is 11.4 Å². The zero-order valence-corrected chi connectivity index (χ0v) is 14.5. The predicted molar refractivity (Wildman–Crippen MR) is 92.2 cm³/mol. The molecule has 0 fully saturated rings. The molecular weight excluding hydrogens is 294 g/mol. The van der Waals surface area contributed by atoms with E-state index in [1.807, 2.05) is 67.5 Å². The van der Waals surface area contributed by atoms with Crippen molar-refractivity contribution in [3.63, 3.8) is 0 Å². The Labute approximate surface area is 133 Å². The lowest BCUT2D eigenvalue weighted by Crippen LogP contribution is -2.34. The Morgan fingerprint density at radius 2 is 1.23 bits per heavy atom. The second-order valence-electron chi connectivity index (χ2n) is 5.01. The van der Waals surface area contributed by atoms with Crippen LogP contribution in [0, 0.1) is 0 Å². The van der Waals surface area contributed by atoms with Crippen LogP contribution in [0.15, 0.2) is 58.8 Å². The first-order valence-electron chi connectivity index (χ1n) is 6.98. The molecule has 0 saturated heterocycles. The standard InChI is InChI=1S/C16H21N3O2Si/c1-19(2)15-9-5-13(6-10-15)17-18-14-7-11-16(12-8-14)22(20-3)21-4/h5-12,22H,1-4H3/b18-17+. The van der Waals surface area contributed by atoms with Gasteiger partial charge in [0.25, 0.3) is 0 Å². The van der Waals surface area contributed by atoms with Crippen molar-refractivity contribution < 1.29 is 8.85 Å². The van der Waals surface area contributed by atoms with Crippen LogP contribution in [0.1, 0.15) is 0 Å². The molecule has 0 aliphatic rings. The molecule has 0 spiro atoms. The summed E-state index contributed by atoms with van der Waals surface area (Å²) in [5, 5.41) is 9.58. The van der Waals surface area contributed by atoms with Crippen molar-refractivity contribution in [1.82, 2.24) is 0 Å². The fourth-order valence-electron chi connectivity index (χ4n) is 2.00. The van der Waals surface area contributed by atoms with E-state index >= 15 is 0 Å². The van der Waals surface area contributed by atoms with E-state index in [9.17, 15) is 0 Å². The Bertz CT molecular complexity index is 608. The summed E-state index contributed by atoms with van der Waals surface area (Å²) in [6.07, 6.45) is 0. The molecule has 0 N–H and O–H groups in total. The largest absolute Gasteiger partial charge is 0.397 e. The van der Waals surface area contributed by atoms with Gasteiger partial charge in [0.1, 0.15) is 0 Å². The normalized spacial score (nSPS) is 11.3. The van der Waals surface area contributed by atoms with Crippen molar-refractivity contribution in [3.05, 3.63) is 48.5 Å². The first-order valence-corrected chi connectivity index (χ1v) is 8.50. The molecule has 0 amide bonds. The van der Waals surface area contributed by atoms with Gasteiger partial charge in [-0.15, -0.1) is 0 Å². The Hall–Kier alpha value is -2.02. The van der Waals surface area contributed by atoms with E-state index in [-0.39, 0.29) is 0 Å². The molecule has 0 radical (unpaired) electrons. The minimum atomic E-state index is -1.74. The summed E-state index contributed by atoms with van der Waals surface area (Å²) in [5.74, 6) is 0. The maximum Gasteiger partial charge on any atom is 0.355 e. The first-order chi connectivity index (χ1) is 10.6. The van der Waals surface area contributed by atoms with Gasteiger partial charge < -0.3 is 13.8 Å². The maximum atomic E-state index is 5.34. The van der Waals surface area contributed by atoms with Gasteiger partial charge in [0.2, 0.25) is 0 Å². The lowest BCUT2D eigenvalue weighted by atomic mass is 10.3. The summed E-state index contributed by atoms with van der Waals surface area (Å²) in [6, 6.07) is 15.7. The van der Waals surface area contributed by atoms with Crippen molar-refractivity contribution in [2.75, 3.05) is 33.2 Å². The Morgan fingerprint density at radius 1 is 0.773 bits per heavy atom. The average Bonchev–Trinajstić information content (AvgIpc) is 2.55. The third kappa shape index (κ3) is 4.24. The Morgan fingerprint density at radius 3 is 1.64 bits per heavy atom. The molecule has 2 rings (SSSR count). The predicted octanol–water partition coefficient (Wildman–Crippen LogP) is 2.89. The third-order valence-corrected chi connectivity index (χ3v) is 5.03. The third-order valence-electron chi connectivity index (χ3n) is 3.24. The number of hydrogen-bond donors (Lipinski definition) is 0. The molecule has 0 atom stereocenters. The van der Waals surface area contributed by atoms with Crippen LogP contribution in [-0.2, 0) is 8.85 Å². The number of hydrogen-bond acceptors (Lipinski definition) is 5. The van der Waals surface area contributed by atoms with Crippen LogP contribution in [0.4, 0.5) is 17.1 Å². The summed E-state index contributed by atoms with van der Waals surface area (Å²) in [4.78, 5) is 2.05. The van der Waals surface area contributed by atoms with Gasteiger partial charge in [0.15, 0.2) is 0 Å².